The third-order valence-electron chi connectivity index (χ3n) is 3.93. The number of guanidine groups is 1. The van der Waals surface area contributed by atoms with Gasteiger partial charge in [-0.1, -0.05) is 23.7 Å². The summed E-state index contributed by atoms with van der Waals surface area (Å²) in [5.74, 6) is 1.34. The van der Waals surface area contributed by atoms with Crippen molar-refractivity contribution in [3.8, 4) is 5.75 Å². The summed E-state index contributed by atoms with van der Waals surface area (Å²) >= 11 is 6.03. The summed E-state index contributed by atoms with van der Waals surface area (Å²) in [4.78, 5) is 18.4. The molecule has 6 nitrogen and oxygen atoms in total. The second kappa shape index (κ2) is 12.5. The highest BCUT2D eigenvalue weighted by molar-refractivity contribution is 14.0. The van der Waals surface area contributed by atoms with E-state index in [1.54, 1.807) is 38.4 Å². The van der Waals surface area contributed by atoms with Crippen LogP contribution in [0.15, 0.2) is 53.5 Å². The first kappa shape index (κ1) is 24.0. The lowest BCUT2D eigenvalue weighted by molar-refractivity contribution is 0.0954. The van der Waals surface area contributed by atoms with Crippen molar-refractivity contribution >= 4 is 47.4 Å². The van der Waals surface area contributed by atoms with Gasteiger partial charge >= 0.3 is 0 Å². The normalized spacial score (nSPS) is 10.6. The van der Waals surface area contributed by atoms with Crippen molar-refractivity contribution in [3.05, 3.63) is 64.7 Å². The minimum absolute atomic E-state index is 0. The van der Waals surface area contributed by atoms with Gasteiger partial charge in [-0.05, 0) is 42.0 Å². The van der Waals surface area contributed by atoms with Gasteiger partial charge in [-0.25, -0.2) is 0 Å². The highest BCUT2D eigenvalue weighted by Crippen LogP contribution is 2.12. The zero-order chi connectivity index (χ0) is 19.6. The fourth-order valence-electron chi connectivity index (χ4n) is 2.56. The molecular weight excluding hydrogens is 491 g/mol. The van der Waals surface area contributed by atoms with Gasteiger partial charge in [0.15, 0.2) is 5.96 Å². The number of nitrogens with zero attached hydrogens (tertiary/aromatic N) is 2. The summed E-state index contributed by atoms with van der Waals surface area (Å²) in [5, 5.41) is 6.83. The molecule has 0 saturated heterocycles. The van der Waals surface area contributed by atoms with Crippen LogP contribution in [0, 0.1) is 0 Å². The van der Waals surface area contributed by atoms with Crippen LogP contribution in [-0.2, 0) is 6.54 Å². The van der Waals surface area contributed by atoms with Crippen molar-refractivity contribution in [3.63, 3.8) is 0 Å². The van der Waals surface area contributed by atoms with Gasteiger partial charge in [-0.2, -0.15) is 0 Å². The van der Waals surface area contributed by atoms with Crippen molar-refractivity contribution in [2.75, 3.05) is 34.3 Å². The molecule has 0 saturated carbocycles. The number of rotatable bonds is 7. The van der Waals surface area contributed by atoms with E-state index in [1.807, 2.05) is 36.2 Å². The standard InChI is InChI=1S/C20H25ClN4O2.HI/c1-22-20(25(2)14-15-5-4-6-17(21)13-15)24-12-11-23-19(26)16-7-9-18(27-3)10-8-16;/h4-10,13H,11-12,14H2,1-3H3,(H,22,24)(H,23,26);1H. The van der Waals surface area contributed by atoms with E-state index in [0.29, 0.717) is 30.2 Å². The maximum Gasteiger partial charge on any atom is 0.251 e. The van der Waals surface area contributed by atoms with E-state index in [1.165, 1.54) is 0 Å². The van der Waals surface area contributed by atoms with Crippen molar-refractivity contribution in [2.45, 2.75) is 6.54 Å². The van der Waals surface area contributed by atoms with Gasteiger partial charge in [0.1, 0.15) is 5.75 Å². The first-order valence-electron chi connectivity index (χ1n) is 8.62. The maximum absolute atomic E-state index is 12.1. The van der Waals surface area contributed by atoms with Gasteiger partial charge in [0.25, 0.3) is 5.91 Å². The Hall–Kier alpha value is -2.00. The number of benzene rings is 2. The average molecular weight is 517 g/mol. The molecule has 0 unspecified atom stereocenters. The molecule has 0 spiro atoms. The number of halogens is 2. The summed E-state index contributed by atoms with van der Waals surface area (Å²) in [6.45, 7) is 1.72. The molecule has 0 aliphatic rings. The lowest BCUT2D eigenvalue weighted by Crippen LogP contribution is -2.42. The van der Waals surface area contributed by atoms with Crippen molar-refractivity contribution in [2.24, 2.45) is 4.99 Å². The summed E-state index contributed by atoms with van der Waals surface area (Å²) < 4.78 is 5.09. The number of hydrogen-bond acceptors (Lipinski definition) is 3. The van der Waals surface area contributed by atoms with Crippen LogP contribution in [0.3, 0.4) is 0 Å². The van der Waals surface area contributed by atoms with E-state index < -0.39 is 0 Å². The Balaban J connectivity index is 0.00000392. The smallest absolute Gasteiger partial charge is 0.251 e. The van der Waals surface area contributed by atoms with Gasteiger partial charge in [-0.3, -0.25) is 9.79 Å². The van der Waals surface area contributed by atoms with Crippen LogP contribution in [0.25, 0.3) is 0 Å². The summed E-state index contributed by atoms with van der Waals surface area (Å²) in [7, 11) is 5.27. The summed E-state index contributed by atoms with van der Waals surface area (Å²) in [6, 6.07) is 14.7. The number of carbonyl (C=O) groups is 1. The minimum atomic E-state index is -0.123. The van der Waals surface area contributed by atoms with E-state index in [-0.39, 0.29) is 29.9 Å². The van der Waals surface area contributed by atoms with Crippen LogP contribution < -0.4 is 15.4 Å². The zero-order valence-corrected chi connectivity index (χ0v) is 19.3. The first-order chi connectivity index (χ1) is 13.0. The predicted octanol–water partition coefficient (Wildman–Crippen LogP) is 3.40. The van der Waals surface area contributed by atoms with Crippen molar-refractivity contribution in [1.82, 2.24) is 15.5 Å². The molecule has 28 heavy (non-hydrogen) atoms. The van der Waals surface area contributed by atoms with Crippen LogP contribution in [0.4, 0.5) is 0 Å². The Morgan fingerprint density at radius 2 is 1.82 bits per heavy atom. The molecule has 2 aromatic rings. The molecule has 2 N–H and O–H groups in total. The Morgan fingerprint density at radius 1 is 1.14 bits per heavy atom. The highest BCUT2D eigenvalue weighted by Gasteiger charge is 2.08. The molecule has 152 valence electrons. The van der Waals surface area contributed by atoms with E-state index in [0.717, 1.165) is 17.3 Å². The monoisotopic (exact) mass is 516 g/mol. The molecule has 2 aromatic carbocycles. The van der Waals surface area contributed by atoms with Gasteiger partial charge < -0.3 is 20.3 Å². The molecule has 0 radical (unpaired) electrons. The lowest BCUT2D eigenvalue weighted by Gasteiger charge is -2.22. The largest absolute Gasteiger partial charge is 0.497 e. The Labute approximate surface area is 188 Å². The summed E-state index contributed by atoms with van der Waals surface area (Å²) in [6.07, 6.45) is 0. The van der Waals surface area contributed by atoms with Crippen LogP contribution in [0.2, 0.25) is 5.02 Å². The molecule has 1 amide bonds. The maximum atomic E-state index is 12.1. The predicted molar refractivity (Wildman–Crippen MR) is 125 cm³/mol. The molecule has 2 rings (SSSR count). The molecule has 0 aliphatic heterocycles. The number of hydrogen-bond donors (Lipinski definition) is 2. The minimum Gasteiger partial charge on any atom is -0.497 e. The number of carbonyl (C=O) groups excluding carboxylic acids is 1. The molecule has 0 aromatic heterocycles. The van der Waals surface area contributed by atoms with E-state index in [4.69, 9.17) is 16.3 Å². The molecule has 0 heterocycles. The molecule has 0 bridgehead atoms. The van der Waals surface area contributed by atoms with E-state index >= 15 is 0 Å². The molecule has 8 heteroatoms. The molecule has 0 aliphatic carbocycles. The van der Waals surface area contributed by atoms with Crippen molar-refractivity contribution in [1.29, 1.82) is 0 Å². The Morgan fingerprint density at radius 3 is 2.43 bits per heavy atom. The SMILES string of the molecule is CN=C(NCCNC(=O)c1ccc(OC)cc1)N(C)Cc1cccc(Cl)c1.I. The highest BCUT2D eigenvalue weighted by atomic mass is 127. The fraction of sp³-hybridized carbons (Fsp3) is 0.300. The van der Waals surface area contributed by atoms with Crippen LogP contribution in [0.5, 0.6) is 5.75 Å². The van der Waals surface area contributed by atoms with E-state index in [9.17, 15) is 4.79 Å². The Bertz CT molecular complexity index is 784. The number of aliphatic imine (C=N–C) groups is 1. The van der Waals surface area contributed by atoms with Gasteiger partial charge in [0.2, 0.25) is 0 Å². The second-order valence-electron chi connectivity index (χ2n) is 5.94. The fourth-order valence-corrected chi connectivity index (χ4v) is 2.78. The second-order valence-corrected chi connectivity index (χ2v) is 6.38. The molecular formula is C20H26ClIN4O2. The zero-order valence-electron chi connectivity index (χ0n) is 16.2. The lowest BCUT2D eigenvalue weighted by atomic mass is 10.2. The van der Waals surface area contributed by atoms with Crippen LogP contribution >= 0.6 is 35.6 Å². The van der Waals surface area contributed by atoms with Gasteiger partial charge in [0, 0.05) is 44.3 Å². The molecule has 0 atom stereocenters. The topological polar surface area (TPSA) is 66.0 Å². The average Bonchev–Trinajstić information content (AvgIpc) is 2.67. The number of ether oxygens (including phenoxy) is 1. The number of nitrogens with one attached hydrogen (secondary N) is 2. The van der Waals surface area contributed by atoms with Crippen molar-refractivity contribution < 1.29 is 9.53 Å². The number of amides is 1. The first-order valence-corrected chi connectivity index (χ1v) is 8.99. The van der Waals surface area contributed by atoms with Gasteiger partial charge in [-0.15, -0.1) is 24.0 Å². The van der Waals surface area contributed by atoms with Crippen LogP contribution in [0.1, 0.15) is 15.9 Å². The summed E-state index contributed by atoms with van der Waals surface area (Å²) in [5.41, 5.74) is 1.69. The van der Waals surface area contributed by atoms with Crippen LogP contribution in [-0.4, -0.2) is 51.1 Å². The molecule has 0 fully saturated rings. The number of methoxy groups -OCH3 is 1. The quantitative estimate of drug-likeness (QED) is 0.256. The third-order valence-corrected chi connectivity index (χ3v) is 4.16. The third kappa shape index (κ3) is 7.55. The van der Waals surface area contributed by atoms with E-state index in [2.05, 4.69) is 15.6 Å². The Kier molecular flexibility index (Phi) is 10.7. The van der Waals surface area contributed by atoms with Gasteiger partial charge in [0.05, 0.1) is 7.11 Å².